The molecule has 0 spiro atoms. The molecule has 0 fully saturated rings. The number of aryl methyl sites for hydroxylation is 1. The average molecular weight is 180 g/mol. The van der Waals surface area contributed by atoms with Gasteiger partial charge in [-0.25, -0.2) is 4.98 Å². The molecule has 0 radical (unpaired) electrons. The molecule has 1 aliphatic heterocycles. The molecule has 1 N–H and O–H groups in total. The average Bonchev–Trinajstić information content (AvgIpc) is 2.48. The minimum absolute atomic E-state index is 0.0903. The van der Waals surface area contributed by atoms with E-state index in [1.165, 1.54) is 6.42 Å². The second-order valence-corrected chi connectivity index (χ2v) is 3.35. The molecule has 0 aliphatic carbocycles. The Hall–Kier alpha value is -1.32. The van der Waals surface area contributed by atoms with E-state index in [0.29, 0.717) is 0 Å². The van der Waals surface area contributed by atoms with Gasteiger partial charge in [-0.2, -0.15) is 0 Å². The third-order valence-corrected chi connectivity index (χ3v) is 2.39. The number of carbonyl (C=O) groups is 1. The van der Waals surface area contributed by atoms with Crippen LogP contribution in [0.1, 0.15) is 24.4 Å². The highest BCUT2D eigenvalue weighted by Gasteiger charge is 2.15. The Morgan fingerprint density at radius 2 is 2.46 bits per heavy atom. The molecule has 0 atom stereocenters. The Morgan fingerprint density at radius 3 is 3.23 bits per heavy atom. The van der Waals surface area contributed by atoms with E-state index in [9.17, 15) is 4.79 Å². The Morgan fingerprint density at radius 1 is 1.62 bits per heavy atom. The van der Waals surface area contributed by atoms with Crippen LogP contribution in [0, 0.1) is 0 Å². The number of aliphatic carboxylic acids is 1. The van der Waals surface area contributed by atoms with Crippen molar-refractivity contribution >= 4 is 5.97 Å². The predicted molar refractivity (Wildman–Crippen MR) is 46.5 cm³/mol. The first-order valence-corrected chi connectivity index (χ1v) is 4.52. The molecule has 13 heavy (non-hydrogen) atoms. The van der Waals surface area contributed by atoms with Crippen molar-refractivity contribution in [3.63, 3.8) is 0 Å². The van der Waals surface area contributed by atoms with Crippen LogP contribution in [0.5, 0.6) is 0 Å². The lowest BCUT2D eigenvalue weighted by molar-refractivity contribution is -0.136. The molecule has 0 aromatic carbocycles. The van der Waals surface area contributed by atoms with Gasteiger partial charge in [0.15, 0.2) is 0 Å². The van der Waals surface area contributed by atoms with Crippen molar-refractivity contribution in [1.82, 2.24) is 9.55 Å². The van der Waals surface area contributed by atoms with Gasteiger partial charge in [0.05, 0.1) is 6.42 Å². The Labute approximate surface area is 76.2 Å². The second-order valence-electron chi connectivity index (χ2n) is 3.35. The molecule has 0 unspecified atom stereocenters. The molecule has 2 heterocycles. The number of imidazole rings is 1. The summed E-state index contributed by atoms with van der Waals surface area (Å²) < 4.78 is 2.04. The third-order valence-electron chi connectivity index (χ3n) is 2.39. The molecule has 0 amide bonds. The Bertz CT molecular complexity index is 330. The van der Waals surface area contributed by atoms with Crippen molar-refractivity contribution in [3.8, 4) is 0 Å². The van der Waals surface area contributed by atoms with Crippen molar-refractivity contribution in [2.45, 2.75) is 32.2 Å². The quantitative estimate of drug-likeness (QED) is 0.734. The van der Waals surface area contributed by atoms with Crippen molar-refractivity contribution in [3.05, 3.63) is 17.7 Å². The minimum atomic E-state index is -0.784. The summed E-state index contributed by atoms with van der Waals surface area (Å²) in [5.74, 6) is 0.260. The van der Waals surface area contributed by atoms with Crippen LogP contribution in [0.2, 0.25) is 0 Å². The number of hydrogen-bond acceptors (Lipinski definition) is 2. The van der Waals surface area contributed by atoms with Gasteiger partial charge >= 0.3 is 5.97 Å². The van der Waals surface area contributed by atoms with Crippen LogP contribution in [0.15, 0.2) is 6.20 Å². The molecule has 70 valence electrons. The Balaban J connectivity index is 2.26. The maximum absolute atomic E-state index is 10.5. The van der Waals surface area contributed by atoms with Gasteiger partial charge in [0.2, 0.25) is 0 Å². The van der Waals surface area contributed by atoms with E-state index < -0.39 is 5.97 Å². The minimum Gasteiger partial charge on any atom is -0.481 e. The normalized spacial score (nSPS) is 15.4. The van der Waals surface area contributed by atoms with Gasteiger partial charge in [0.1, 0.15) is 5.82 Å². The van der Waals surface area contributed by atoms with E-state index in [2.05, 4.69) is 4.98 Å². The van der Waals surface area contributed by atoms with Gasteiger partial charge in [-0.15, -0.1) is 0 Å². The van der Waals surface area contributed by atoms with Crippen LogP contribution in [0.4, 0.5) is 0 Å². The molecule has 4 nitrogen and oxygen atoms in total. The lowest BCUT2D eigenvalue weighted by atomic mass is 10.1. The largest absolute Gasteiger partial charge is 0.481 e. The molecule has 4 heteroatoms. The summed E-state index contributed by atoms with van der Waals surface area (Å²) in [5, 5.41) is 8.65. The fourth-order valence-corrected chi connectivity index (χ4v) is 1.78. The number of carboxylic acids is 1. The van der Waals surface area contributed by atoms with Gasteiger partial charge in [-0.1, -0.05) is 0 Å². The topological polar surface area (TPSA) is 55.1 Å². The molecule has 0 saturated heterocycles. The summed E-state index contributed by atoms with van der Waals surface area (Å²) >= 11 is 0. The first kappa shape index (κ1) is 8.29. The zero-order chi connectivity index (χ0) is 9.26. The predicted octanol–water partition coefficient (Wildman–Crippen LogP) is 0.847. The highest BCUT2D eigenvalue weighted by atomic mass is 16.4. The van der Waals surface area contributed by atoms with Gasteiger partial charge in [-0.05, 0) is 12.8 Å². The number of aromatic nitrogens is 2. The van der Waals surface area contributed by atoms with Crippen LogP contribution >= 0.6 is 0 Å². The van der Waals surface area contributed by atoms with Crippen LogP contribution < -0.4 is 0 Å². The smallest absolute Gasteiger partial charge is 0.309 e. The molecule has 2 rings (SSSR count). The number of rotatable bonds is 2. The van der Waals surface area contributed by atoms with Gasteiger partial charge in [-0.3, -0.25) is 4.79 Å². The van der Waals surface area contributed by atoms with Crippen LogP contribution in [-0.2, 0) is 24.2 Å². The summed E-state index contributed by atoms with van der Waals surface area (Å²) in [6, 6.07) is 0. The number of fused-ring (bicyclic) bond motifs is 1. The van der Waals surface area contributed by atoms with E-state index in [1.807, 2.05) is 4.57 Å². The molecule has 1 aromatic heterocycles. The van der Waals surface area contributed by atoms with Gasteiger partial charge in [0, 0.05) is 24.9 Å². The second kappa shape index (κ2) is 3.20. The summed E-state index contributed by atoms with van der Waals surface area (Å²) in [6.07, 6.45) is 5.07. The van der Waals surface area contributed by atoms with E-state index >= 15 is 0 Å². The number of nitrogens with zero attached hydrogens (tertiary/aromatic N) is 2. The summed E-state index contributed by atoms with van der Waals surface area (Å²) in [7, 11) is 0. The number of carboxylic acid groups (broad SMARTS) is 1. The molecular formula is C9H12N2O2. The zero-order valence-corrected chi connectivity index (χ0v) is 7.36. The maximum atomic E-state index is 10.5. The summed E-state index contributed by atoms with van der Waals surface area (Å²) in [6.45, 7) is 0.929. The first-order valence-electron chi connectivity index (χ1n) is 4.52. The lowest BCUT2D eigenvalue weighted by Crippen LogP contribution is -2.14. The highest BCUT2D eigenvalue weighted by molar-refractivity contribution is 5.69. The summed E-state index contributed by atoms with van der Waals surface area (Å²) in [4.78, 5) is 14.7. The van der Waals surface area contributed by atoms with Crippen molar-refractivity contribution < 1.29 is 9.90 Å². The monoisotopic (exact) mass is 180 g/mol. The maximum Gasteiger partial charge on any atom is 0.309 e. The van der Waals surface area contributed by atoms with Crippen LogP contribution in [0.25, 0.3) is 0 Å². The zero-order valence-electron chi connectivity index (χ0n) is 7.36. The van der Waals surface area contributed by atoms with Gasteiger partial charge in [0.25, 0.3) is 0 Å². The fraction of sp³-hybridized carbons (Fsp3) is 0.556. The molecule has 0 bridgehead atoms. The van der Waals surface area contributed by atoms with E-state index in [-0.39, 0.29) is 6.42 Å². The molecular weight excluding hydrogens is 168 g/mol. The molecule has 0 saturated carbocycles. The van der Waals surface area contributed by atoms with Crippen molar-refractivity contribution in [2.24, 2.45) is 0 Å². The standard InChI is InChI=1S/C9H12N2O2/c12-9(13)5-7-6-10-8-3-1-2-4-11(7)8/h6H,1-5H2,(H,12,13). The summed E-state index contributed by atoms with van der Waals surface area (Å²) in [5.41, 5.74) is 0.835. The van der Waals surface area contributed by atoms with E-state index in [0.717, 1.165) is 30.9 Å². The van der Waals surface area contributed by atoms with Crippen LogP contribution in [0.3, 0.4) is 0 Å². The van der Waals surface area contributed by atoms with Crippen molar-refractivity contribution in [2.75, 3.05) is 0 Å². The number of hydrogen-bond donors (Lipinski definition) is 1. The van der Waals surface area contributed by atoms with Gasteiger partial charge < -0.3 is 9.67 Å². The SMILES string of the molecule is O=C(O)Cc1cnc2n1CCCC2. The fourth-order valence-electron chi connectivity index (χ4n) is 1.78. The molecule has 1 aromatic rings. The lowest BCUT2D eigenvalue weighted by Gasteiger charge is -2.15. The Kier molecular flexibility index (Phi) is 2.04. The van der Waals surface area contributed by atoms with Crippen LogP contribution in [-0.4, -0.2) is 20.6 Å². The first-order chi connectivity index (χ1) is 6.27. The van der Waals surface area contributed by atoms with Crippen molar-refractivity contribution in [1.29, 1.82) is 0 Å². The van der Waals surface area contributed by atoms with E-state index in [1.54, 1.807) is 6.20 Å². The third kappa shape index (κ3) is 1.56. The highest BCUT2D eigenvalue weighted by Crippen LogP contribution is 2.16. The molecule has 1 aliphatic rings. The van der Waals surface area contributed by atoms with E-state index in [4.69, 9.17) is 5.11 Å².